The van der Waals surface area contributed by atoms with Gasteiger partial charge in [-0.3, -0.25) is 4.79 Å². The van der Waals surface area contributed by atoms with E-state index in [1.807, 2.05) is 0 Å². The number of carbonyl (C=O) groups is 2. The van der Waals surface area contributed by atoms with Crippen LogP contribution >= 0.6 is 0 Å². The predicted octanol–water partition coefficient (Wildman–Crippen LogP) is 0.146. The molecular formula is C10H12N2O4. The lowest BCUT2D eigenvalue weighted by atomic mass is 10.2. The molecule has 6 nitrogen and oxygen atoms in total. The van der Waals surface area contributed by atoms with Gasteiger partial charge in [0.2, 0.25) is 0 Å². The van der Waals surface area contributed by atoms with Gasteiger partial charge in [-0.1, -0.05) is 12.1 Å². The fourth-order valence-electron chi connectivity index (χ4n) is 0.991. The fraction of sp³-hybridized carbons (Fsp3) is 0.200. The van der Waals surface area contributed by atoms with Gasteiger partial charge >= 0.3 is 6.09 Å². The van der Waals surface area contributed by atoms with Gasteiger partial charge in [0, 0.05) is 0 Å². The van der Waals surface area contributed by atoms with Crippen LogP contribution in [0.2, 0.25) is 0 Å². The minimum Gasteiger partial charge on any atom is -0.484 e. The second-order valence-corrected chi connectivity index (χ2v) is 3.01. The molecule has 1 aromatic rings. The van der Waals surface area contributed by atoms with Crippen LogP contribution in [0, 0.1) is 0 Å². The average Bonchev–Trinajstić information content (AvgIpc) is 2.25. The van der Waals surface area contributed by atoms with E-state index in [1.54, 1.807) is 24.3 Å². The smallest absolute Gasteiger partial charge is 0.404 e. The topological polar surface area (TPSA) is 105 Å². The van der Waals surface area contributed by atoms with Crippen molar-refractivity contribution in [2.24, 2.45) is 11.5 Å². The molecule has 16 heavy (non-hydrogen) atoms. The summed E-state index contributed by atoms with van der Waals surface area (Å²) in [7, 11) is 0. The van der Waals surface area contributed by atoms with Gasteiger partial charge in [-0.05, 0) is 17.7 Å². The number of amides is 2. The van der Waals surface area contributed by atoms with Gasteiger partial charge in [0.15, 0.2) is 6.61 Å². The van der Waals surface area contributed by atoms with E-state index in [0.29, 0.717) is 5.75 Å². The number of ether oxygens (including phenoxy) is 2. The molecule has 0 aliphatic rings. The van der Waals surface area contributed by atoms with Crippen molar-refractivity contribution in [3.8, 4) is 5.75 Å². The van der Waals surface area contributed by atoms with Crippen molar-refractivity contribution >= 4 is 12.0 Å². The van der Waals surface area contributed by atoms with E-state index in [1.165, 1.54) is 0 Å². The summed E-state index contributed by atoms with van der Waals surface area (Å²) in [6.45, 7) is -0.0669. The van der Waals surface area contributed by atoms with E-state index in [4.69, 9.17) is 16.2 Å². The predicted molar refractivity (Wildman–Crippen MR) is 55.5 cm³/mol. The minimum atomic E-state index is -0.825. The Hall–Kier alpha value is -2.24. The summed E-state index contributed by atoms with van der Waals surface area (Å²) in [5.74, 6) is -0.0252. The van der Waals surface area contributed by atoms with Gasteiger partial charge in [0.1, 0.15) is 12.4 Å². The molecule has 4 N–H and O–H groups in total. The maximum Gasteiger partial charge on any atom is 0.404 e. The first-order chi connectivity index (χ1) is 7.58. The zero-order valence-corrected chi connectivity index (χ0v) is 8.51. The molecular weight excluding hydrogens is 212 g/mol. The van der Waals surface area contributed by atoms with E-state index < -0.39 is 12.0 Å². The summed E-state index contributed by atoms with van der Waals surface area (Å²) in [5, 5.41) is 0. The molecule has 6 heteroatoms. The Labute approximate surface area is 92.1 Å². The zero-order chi connectivity index (χ0) is 12.0. The minimum absolute atomic E-state index is 0.103. The molecule has 0 fully saturated rings. The molecule has 0 aliphatic carbocycles. The molecule has 0 unspecified atom stereocenters. The van der Waals surface area contributed by atoms with E-state index in [9.17, 15) is 9.59 Å². The molecule has 0 aromatic heterocycles. The molecule has 0 heterocycles. The molecule has 2 amide bonds. The van der Waals surface area contributed by atoms with Crippen LogP contribution in [0.3, 0.4) is 0 Å². The van der Waals surface area contributed by atoms with Crippen LogP contribution in [0.15, 0.2) is 24.3 Å². The van der Waals surface area contributed by atoms with Gasteiger partial charge in [0.25, 0.3) is 5.91 Å². The number of hydrogen-bond donors (Lipinski definition) is 2. The summed E-state index contributed by atoms with van der Waals surface area (Å²) in [4.78, 5) is 20.8. The Morgan fingerprint density at radius 3 is 2.25 bits per heavy atom. The Morgan fingerprint density at radius 2 is 1.75 bits per heavy atom. The molecule has 0 bridgehead atoms. The summed E-state index contributed by atoms with van der Waals surface area (Å²) in [6, 6.07) is 6.67. The molecule has 0 spiro atoms. The lowest BCUT2D eigenvalue weighted by Gasteiger charge is -2.05. The third kappa shape index (κ3) is 4.32. The van der Waals surface area contributed by atoms with Crippen LogP contribution in [0.5, 0.6) is 5.75 Å². The Bertz CT molecular complexity index is 338. The highest BCUT2D eigenvalue weighted by molar-refractivity contribution is 5.75. The molecule has 1 aromatic carbocycles. The Balaban J connectivity index is 2.47. The Morgan fingerprint density at radius 1 is 1.12 bits per heavy atom. The molecule has 0 radical (unpaired) electrons. The largest absolute Gasteiger partial charge is 0.484 e. The first kappa shape index (κ1) is 11.8. The SMILES string of the molecule is NC(=O)COc1ccc(COC(N)=O)cc1. The molecule has 0 saturated carbocycles. The van der Waals surface area contributed by atoms with E-state index in [-0.39, 0.29) is 13.2 Å². The molecule has 0 atom stereocenters. The summed E-state index contributed by atoms with van der Waals surface area (Å²) < 4.78 is 9.63. The van der Waals surface area contributed by atoms with Gasteiger partial charge in [-0.15, -0.1) is 0 Å². The normalized spacial score (nSPS) is 9.50. The maximum atomic E-state index is 10.4. The first-order valence-electron chi connectivity index (χ1n) is 4.50. The number of primary amides is 2. The van der Waals surface area contributed by atoms with Crippen molar-refractivity contribution in [1.29, 1.82) is 0 Å². The van der Waals surface area contributed by atoms with Crippen molar-refractivity contribution in [2.75, 3.05) is 6.61 Å². The number of hydrogen-bond acceptors (Lipinski definition) is 4. The second-order valence-electron chi connectivity index (χ2n) is 3.01. The van der Waals surface area contributed by atoms with Crippen LogP contribution in [-0.4, -0.2) is 18.6 Å². The van der Waals surface area contributed by atoms with Crippen LogP contribution in [0.1, 0.15) is 5.56 Å². The van der Waals surface area contributed by atoms with E-state index in [2.05, 4.69) is 4.74 Å². The maximum absolute atomic E-state index is 10.4. The Kier molecular flexibility index (Phi) is 4.14. The fourth-order valence-corrected chi connectivity index (χ4v) is 0.991. The van der Waals surface area contributed by atoms with Crippen molar-refractivity contribution in [3.05, 3.63) is 29.8 Å². The molecule has 0 saturated heterocycles. The van der Waals surface area contributed by atoms with E-state index in [0.717, 1.165) is 5.56 Å². The third-order valence-corrected chi connectivity index (χ3v) is 1.69. The zero-order valence-electron chi connectivity index (χ0n) is 8.51. The van der Waals surface area contributed by atoms with Gasteiger partial charge in [0.05, 0.1) is 0 Å². The number of rotatable bonds is 5. The van der Waals surface area contributed by atoms with Crippen molar-refractivity contribution in [1.82, 2.24) is 0 Å². The number of carbonyl (C=O) groups excluding carboxylic acids is 2. The van der Waals surface area contributed by atoms with Crippen LogP contribution in [0.25, 0.3) is 0 Å². The number of benzene rings is 1. The highest BCUT2D eigenvalue weighted by atomic mass is 16.5. The van der Waals surface area contributed by atoms with Crippen LogP contribution in [-0.2, 0) is 16.1 Å². The quantitative estimate of drug-likeness (QED) is 0.742. The molecule has 1 rings (SSSR count). The summed E-state index contributed by atoms with van der Waals surface area (Å²) in [5.41, 5.74) is 10.5. The first-order valence-corrected chi connectivity index (χ1v) is 4.50. The lowest BCUT2D eigenvalue weighted by molar-refractivity contribution is -0.119. The van der Waals surface area contributed by atoms with Gasteiger partial charge in [-0.2, -0.15) is 0 Å². The van der Waals surface area contributed by atoms with Crippen LogP contribution < -0.4 is 16.2 Å². The van der Waals surface area contributed by atoms with Gasteiger partial charge < -0.3 is 20.9 Å². The molecule has 86 valence electrons. The third-order valence-electron chi connectivity index (χ3n) is 1.69. The monoisotopic (exact) mass is 224 g/mol. The lowest BCUT2D eigenvalue weighted by Crippen LogP contribution is -2.20. The number of nitrogens with two attached hydrogens (primary N) is 2. The van der Waals surface area contributed by atoms with Crippen molar-refractivity contribution < 1.29 is 19.1 Å². The molecule has 0 aliphatic heterocycles. The van der Waals surface area contributed by atoms with E-state index >= 15 is 0 Å². The highest BCUT2D eigenvalue weighted by Gasteiger charge is 1.99. The van der Waals surface area contributed by atoms with Crippen LogP contribution in [0.4, 0.5) is 4.79 Å². The highest BCUT2D eigenvalue weighted by Crippen LogP contribution is 2.12. The standard InChI is InChI=1S/C10H12N2O4/c11-9(13)6-15-8-3-1-7(2-4-8)5-16-10(12)14/h1-4H,5-6H2,(H2,11,13)(H2,12,14). The van der Waals surface area contributed by atoms with Crippen molar-refractivity contribution in [2.45, 2.75) is 6.61 Å². The average molecular weight is 224 g/mol. The summed E-state index contributed by atoms with van der Waals surface area (Å²) in [6.07, 6.45) is -0.825. The van der Waals surface area contributed by atoms with Gasteiger partial charge in [-0.25, -0.2) is 4.79 Å². The van der Waals surface area contributed by atoms with Crippen molar-refractivity contribution in [3.63, 3.8) is 0 Å². The summed E-state index contributed by atoms with van der Waals surface area (Å²) >= 11 is 0. The second kappa shape index (κ2) is 5.59.